The zero-order valence-corrected chi connectivity index (χ0v) is 45.3. The summed E-state index contributed by atoms with van der Waals surface area (Å²) in [7, 11) is 0. The lowest BCUT2D eigenvalue weighted by molar-refractivity contribution is -0.146. The molecule has 3 fully saturated rings. The maximum atomic E-state index is 14.6. The third-order valence-corrected chi connectivity index (χ3v) is 14.9. The molecule has 3 saturated heterocycles. The Hall–Kier alpha value is -7.39. The molecule has 7 amide bonds. The van der Waals surface area contributed by atoms with Crippen molar-refractivity contribution in [2.24, 2.45) is 11.8 Å². The quantitative estimate of drug-likeness (QED) is 0.0814. The molecule has 7 rings (SSSR count). The largest absolute Gasteiger partial charge is 0.508 e. The van der Waals surface area contributed by atoms with E-state index < -0.39 is 114 Å². The van der Waals surface area contributed by atoms with E-state index in [9.17, 15) is 59.1 Å². The van der Waals surface area contributed by atoms with Crippen molar-refractivity contribution >= 4 is 41.4 Å². The number of benzene rings is 4. The number of ether oxygens (including phenoxy) is 1. The molecule has 20 nitrogen and oxygen atoms in total. The van der Waals surface area contributed by atoms with Gasteiger partial charge in [0.1, 0.15) is 47.8 Å². The minimum absolute atomic E-state index is 0.0697. The lowest BCUT2D eigenvalue weighted by Gasteiger charge is -2.33. The zero-order valence-electron chi connectivity index (χ0n) is 45.3. The van der Waals surface area contributed by atoms with Crippen LogP contribution in [-0.4, -0.2) is 164 Å². The van der Waals surface area contributed by atoms with Gasteiger partial charge in [-0.05, 0) is 96.3 Å². The summed E-state index contributed by atoms with van der Waals surface area (Å²) in [6.07, 6.45) is -3.23. The topological polar surface area (TPSA) is 296 Å². The molecule has 3 aliphatic rings. The number of aliphatic hydroxyl groups excluding tert-OH is 4. The summed E-state index contributed by atoms with van der Waals surface area (Å²) in [6, 6.07) is 19.3. The number of aliphatic hydroxyl groups is 4. The number of phenols is 1. The van der Waals surface area contributed by atoms with Crippen LogP contribution in [0.3, 0.4) is 0 Å². The van der Waals surface area contributed by atoms with Gasteiger partial charge in [0.15, 0.2) is 0 Å². The number of phenolic OH excluding ortho intramolecular Hbond substituents is 1. The molecule has 3 heterocycles. The second kappa shape index (κ2) is 27.0. The van der Waals surface area contributed by atoms with Gasteiger partial charge in [0.05, 0.1) is 31.0 Å². The fourth-order valence-electron chi connectivity index (χ4n) is 10.3. The molecule has 3 aliphatic heterocycles. The highest BCUT2D eigenvalue weighted by Crippen LogP contribution is 2.29. The van der Waals surface area contributed by atoms with Crippen molar-refractivity contribution in [1.29, 1.82) is 0 Å². The molecule has 0 radical (unpaired) electrons. The maximum absolute atomic E-state index is 14.6. The Morgan fingerprint density at radius 3 is 1.86 bits per heavy atom. The molecular formula is C59H75N7O13. The summed E-state index contributed by atoms with van der Waals surface area (Å²) < 4.78 is 5.86. The SMILES string of the molecule is CCCCCOc1ccc(-c2ccc(-c3ccc(C(=O)N[C@H]4CCCNC(=O)[C@@H]5[C@@H](O)[C@@H](C)CN5C(=O)[C@H](C(C)O)NC(=O)[C@H]([C@H](O)Cc5ccc(O)cc5)NC(=O)[C@@H]5C[C@@H](O)CN5C(=O)[C@H](C(C)C)NC4=O)cc3)cc2)cc1. The molecule has 1 unspecified atom stereocenters. The first-order chi connectivity index (χ1) is 37.7. The third kappa shape index (κ3) is 14.8. The van der Waals surface area contributed by atoms with Crippen molar-refractivity contribution in [1.82, 2.24) is 36.4 Å². The molecule has 4 aromatic carbocycles. The van der Waals surface area contributed by atoms with Gasteiger partial charge in [-0.3, -0.25) is 33.6 Å². The van der Waals surface area contributed by atoms with Crippen LogP contribution in [0.1, 0.15) is 89.1 Å². The van der Waals surface area contributed by atoms with E-state index in [0.29, 0.717) is 12.2 Å². The van der Waals surface area contributed by atoms with Gasteiger partial charge >= 0.3 is 0 Å². The van der Waals surface area contributed by atoms with Crippen molar-refractivity contribution < 1.29 is 63.8 Å². The lowest BCUT2D eigenvalue weighted by Crippen LogP contribution is -2.63. The first-order valence-electron chi connectivity index (χ1n) is 27.3. The van der Waals surface area contributed by atoms with Crippen LogP contribution in [0.5, 0.6) is 11.5 Å². The molecule has 0 spiro atoms. The fraction of sp³-hybridized carbons (Fsp3) is 0.475. The summed E-state index contributed by atoms with van der Waals surface area (Å²) in [5.41, 5.74) is 4.42. The van der Waals surface area contributed by atoms with Crippen LogP contribution in [0.15, 0.2) is 97.1 Å². The predicted molar refractivity (Wildman–Crippen MR) is 293 cm³/mol. The monoisotopic (exact) mass is 1090 g/mol. The molecule has 10 N–H and O–H groups in total. The van der Waals surface area contributed by atoms with Gasteiger partial charge in [0.2, 0.25) is 35.4 Å². The average Bonchev–Trinajstić information content (AvgIpc) is 4.02. The van der Waals surface area contributed by atoms with Gasteiger partial charge in [-0.1, -0.05) is 101 Å². The van der Waals surface area contributed by atoms with Gasteiger partial charge in [-0.15, -0.1) is 0 Å². The number of nitrogens with one attached hydrogen (secondary N) is 5. The van der Waals surface area contributed by atoms with Crippen LogP contribution in [0.2, 0.25) is 0 Å². The van der Waals surface area contributed by atoms with E-state index in [-0.39, 0.29) is 56.6 Å². The second-order valence-corrected chi connectivity index (χ2v) is 21.4. The smallest absolute Gasteiger partial charge is 0.251 e. The molecule has 79 heavy (non-hydrogen) atoms. The van der Waals surface area contributed by atoms with E-state index in [2.05, 4.69) is 33.5 Å². The molecule has 0 aliphatic carbocycles. The number of carbonyl (C=O) groups is 7. The van der Waals surface area contributed by atoms with Crippen molar-refractivity contribution in [3.05, 3.63) is 108 Å². The number of aromatic hydroxyl groups is 1. The van der Waals surface area contributed by atoms with Crippen molar-refractivity contribution in [2.45, 2.75) is 140 Å². The van der Waals surface area contributed by atoms with E-state index >= 15 is 0 Å². The summed E-state index contributed by atoms with van der Waals surface area (Å²) in [6.45, 7) is 8.39. The number of nitrogens with zero attached hydrogens (tertiary/aromatic N) is 2. The van der Waals surface area contributed by atoms with Crippen molar-refractivity contribution in [3.63, 3.8) is 0 Å². The van der Waals surface area contributed by atoms with Crippen LogP contribution in [0.25, 0.3) is 22.3 Å². The number of amides is 7. The summed E-state index contributed by atoms with van der Waals surface area (Å²) in [4.78, 5) is 102. The second-order valence-electron chi connectivity index (χ2n) is 21.4. The predicted octanol–water partition coefficient (Wildman–Crippen LogP) is 2.57. The average molecular weight is 1090 g/mol. The number of hydrogen-bond acceptors (Lipinski definition) is 13. The molecular weight excluding hydrogens is 1010 g/mol. The molecule has 20 heteroatoms. The van der Waals surface area contributed by atoms with Crippen molar-refractivity contribution in [2.75, 3.05) is 26.2 Å². The van der Waals surface area contributed by atoms with E-state index in [1.807, 2.05) is 48.5 Å². The Bertz CT molecular complexity index is 2760. The van der Waals surface area contributed by atoms with Crippen LogP contribution in [0, 0.1) is 11.8 Å². The lowest BCUT2D eigenvalue weighted by atomic mass is 9.99. The normalized spacial score (nSPS) is 25.5. The van der Waals surface area contributed by atoms with E-state index in [0.717, 1.165) is 57.1 Å². The molecule has 0 bridgehead atoms. The third-order valence-electron chi connectivity index (χ3n) is 14.9. The van der Waals surface area contributed by atoms with Crippen LogP contribution in [-0.2, 0) is 35.2 Å². The Morgan fingerprint density at radius 1 is 0.696 bits per heavy atom. The Balaban J connectivity index is 1.13. The minimum Gasteiger partial charge on any atom is -0.508 e. The molecule has 4 aromatic rings. The minimum atomic E-state index is -1.86. The molecule has 424 valence electrons. The van der Waals surface area contributed by atoms with Gasteiger partial charge in [-0.25, -0.2) is 0 Å². The van der Waals surface area contributed by atoms with Crippen LogP contribution < -0.4 is 31.3 Å². The highest BCUT2D eigenvalue weighted by atomic mass is 16.5. The number of hydrogen-bond donors (Lipinski definition) is 10. The Labute approximate surface area is 460 Å². The fourth-order valence-corrected chi connectivity index (χ4v) is 10.3. The van der Waals surface area contributed by atoms with Crippen LogP contribution >= 0.6 is 0 Å². The summed E-state index contributed by atoms with van der Waals surface area (Å²) in [5.74, 6) is -6.45. The van der Waals surface area contributed by atoms with Gasteiger partial charge in [0, 0.05) is 44.0 Å². The summed E-state index contributed by atoms with van der Waals surface area (Å²) >= 11 is 0. The van der Waals surface area contributed by atoms with Gasteiger partial charge in [-0.2, -0.15) is 0 Å². The first-order valence-corrected chi connectivity index (χ1v) is 27.3. The number of rotatable bonds is 14. The van der Waals surface area contributed by atoms with Crippen LogP contribution in [0.4, 0.5) is 0 Å². The Morgan fingerprint density at radius 2 is 1.27 bits per heavy atom. The van der Waals surface area contributed by atoms with Crippen molar-refractivity contribution in [3.8, 4) is 33.8 Å². The van der Waals surface area contributed by atoms with E-state index in [4.69, 9.17) is 4.74 Å². The van der Waals surface area contributed by atoms with E-state index in [1.165, 1.54) is 31.2 Å². The molecule has 0 saturated carbocycles. The number of unbranched alkanes of at least 4 members (excludes halogenated alkanes) is 2. The molecule has 11 atom stereocenters. The first kappa shape index (κ1) is 59.3. The standard InChI is InChI=1S/C59H75N7O13/c1-6-7-8-28-79-44-25-21-40(22-26-44)38-15-13-37(14-16-38)39-17-19-41(20-18-39)53(72)61-45-10-9-27-60-57(76)51-52(71)34(4)31-66(51)59(78)49(35(5)67)63-56(75)50(47(70)29-36-11-23-42(68)24-12-36)64-55(74)46-30-43(69)32-65(46)58(77)48(33(2)3)62-54(45)73/h11-26,33-35,43,45-52,67-71H,6-10,27-32H2,1-5H3,(H,60,76)(H,61,72)(H,62,73)(H,63,75)(H,64,74)/t34-,35?,43+,45-,46-,47+,48-,49-,50-,51-,52-/m0/s1. The van der Waals surface area contributed by atoms with Gasteiger partial charge in [0.25, 0.3) is 5.91 Å². The zero-order chi connectivity index (χ0) is 57.1. The van der Waals surface area contributed by atoms with Gasteiger partial charge < -0.3 is 66.7 Å². The summed E-state index contributed by atoms with van der Waals surface area (Å²) in [5, 5.41) is 68.0. The Kier molecular flexibility index (Phi) is 20.2. The number of carbonyl (C=O) groups excluding carboxylic acids is 7. The number of fused-ring (bicyclic) bond motifs is 2. The molecule has 0 aromatic heterocycles. The maximum Gasteiger partial charge on any atom is 0.251 e. The highest BCUT2D eigenvalue weighted by Gasteiger charge is 2.49. The highest BCUT2D eigenvalue weighted by molar-refractivity contribution is 6.00. The van der Waals surface area contributed by atoms with E-state index in [1.54, 1.807) is 45.0 Å².